The first-order valence-electron chi connectivity index (χ1n) is 7.39. The molecule has 1 heterocycles. The van der Waals surface area contributed by atoms with Gasteiger partial charge in [-0.1, -0.05) is 32.9 Å². The molecule has 1 aliphatic heterocycles. The SMILES string of the molecule is CC(=O)N1CCC(Oc2ccc(C(C)(C)C)cc2)CC1. The standard InChI is InChI=1S/C17H25NO2/c1-13(19)18-11-9-16(10-12-18)20-15-7-5-14(6-8-15)17(2,3)4/h5-8,16H,9-12H2,1-4H3. The summed E-state index contributed by atoms with van der Waals surface area (Å²) in [5.41, 5.74) is 1.49. The van der Waals surface area contributed by atoms with Crippen LogP contribution >= 0.6 is 0 Å². The summed E-state index contributed by atoms with van der Waals surface area (Å²) >= 11 is 0. The Labute approximate surface area is 121 Å². The van der Waals surface area contributed by atoms with Crippen LogP contribution in [0.25, 0.3) is 0 Å². The Hall–Kier alpha value is -1.51. The van der Waals surface area contributed by atoms with Crippen LogP contribution in [0.1, 0.15) is 46.1 Å². The molecule has 1 saturated heterocycles. The number of piperidine rings is 1. The molecule has 0 aromatic heterocycles. The third-order valence-corrected chi connectivity index (χ3v) is 3.91. The smallest absolute Gasteiger partial charge is 0.219 e. The summed E-state index contributed by atoms with van der Waals surface area (Å²) in [6.45, 7) is 9.87. The fourth-order valence-corrected chi connectivity index (χ4v) is 2.51. The molecule has 3 nitrogen and oxygen atoms in total. The van der Waals surface area contributed by atoms with E-state index in [1.165, 1.54) is 5.56 Å². The third kappa shape index (κ3) is 3.75. The number of amides is 1. The van der Waals surface area contributed by atoms with Gasteiger partial charge in [-0.2, -0.15) is 0 Å². The van der Waals surface area contributed by atoms with E-state index in [1.807, 2.05) is 4.90 Å². The van der Waals surface area contributed by atoms with Crippen LogP contribution in [0.4, 0.5) is 0 Å². The van der Waals surface area contributed by atoms with Crippen molar-refractivity contribution in [3.8, 4) is 5.75 Å². The van der Waals surface area contributed by atoms with Crippen LogP contribution in [-0.2, 0) is 10.2 Å². The van der Waals surface area contributed by atoms with Gasteiger partial charge in [0.1, 0.15) is 11.9 Å². The van der Waals surface area contributed by atoms with Crippen molar-refractivity contribution in [3.05, 3.63) is 29.8 Å². The van der Waals surface area contributed by atoms with Crippen molar-refractivity contribution in [2.45, 2.75) is 52.1 Å². The van der Waals surface area contributed by atoms with E-state index in [2.05, 4.69) is 45.0 Å². The molecule has 1 fully saturated rings. The summed E-state index contributed by atoms with van der Waals surface area (Å²) < 4.78 is 6.01. The maximum atomic E-state index is 11.3. The lowest BCUT2D eigenvalue weighted by atomic mass is 9.87. The number of nitrogens with zero attached hydrogens (tertiary/aromatic N) is 1. The second kappa shape index (κ2) is 5.86. The topological polar surface area (TPSA) is 29.5 Å². The van der Waals surface area contributed by atoms with E-state index in [4.69, 9.17) is 4.74 Å². The molecular weight excluding hydrogens is 250 g/mol. The molecule has 0 bridgehead atoms. The summed E-state index contributed by atoms with van der Waals surface area (Å²) in [6.07, 6.45) is 2.06. The number of ether oxygens (including phenoxy) is 1. The summed E-state index contributed by atoms with van der Waals surface area (Å²) in [5, 5.41) is 0. The Bertz CT molecular complexity index is 451. The van der Waals surface area contributed by atoms with Crippen LogP contribution in [0.3, 0.4) is 0 Å². The molecular formula is C17H25NO2. The average Bonchev–Trinajstić information content (AvgIpc) is 2.39. The Morgan fingerprint density at radius 3 is 2.15 bits per heavy atom. The molecule has 0 unspecified atom stereocenters. The lowest BCUT2D eigenvalue weighted by Gasteiger charge is -2.31. The van der Waals surface area contributed by atoms with E-state index in [0.717, 1.165) is 31.7 Å². The van der Waals surface area contributed by atoms with Crippen molar-refractivity contribution >= 4 is 5.91 Å². The van der Waals surface area contributed by atoms with Crippen LogP contribution in [0.5, 0.6) is 5.75 Å². The Morgan fingerprint density at radius 2 is 1.70 bits per heavy atom. The van der Waals surface area contributed by atoms with Gasteiger partial charge in [0.25, 0.3) is 0 Å². The van der Waals surface area contributed by atoms with Crippen LogP contribution in [-0.4, -0.2) is 30.0 Å². The van der Waals surface area contributed by atoms with Crippen molar-refractivity contribution in [2.24, 2.45) is 0 Å². The van der Waals surface area contributed by atoms with E-state index in [9.17, 15) is 4.79 Å². The zero-order valence-electron chi connectivity index (χ0n) is 13.0. The molecule has 20 heavy (non-hydrogen) atoms. The molecule has 3 heteroatoms. The van der Waals surface area contributed by atoms with E-state index < -0.39 is 0 Å². The molecule has 0 saturated carbocycles. The highest BCUT2D eigenvalue weighted by molar-refractivity contribution is 5.73. The number of hydrogen-bond acceptors (Lipinski definition) is 2. The third-order valence-electron chi connectivity index (χ3n) is 3.91. The van der Waals surface area contributed by atoms with Crippen molar-refractivity contribution in [1.82, 2.24) is 4.90 Å². The number of carbonyl (C=O) groups is 1. The van der Waals surface area contributed by atoms with Crippen molar-refractivity contribution in [2.75, 3.05) is 13.1 Å². The van der Waals surface area contributed by atoms with Gasteiger partial charge in [-0.3, -0.25) is 4.79 Å². The lowest BCUT2D eigenvalue weighted by molar-refractivity contribution is -0.130. The first-order valence-corrected chi connectivity index (χ1v) is 7.39. The number of rotatable bonds is 2. The van der Waals surface area contributed by atoms with Crippen LogP contribution in [0.2, 0.25) is 0 Å². The number of carbonyl (C=O) groups excluding carboxylic acids is 1. The number of likely N-dealkylation sites (tertiary alicyclic amines) is 1. The van der Waals surface area contributed by atoms with E-state index in [-0.39, 0.29) is 17.4 Å². The van der Waals surface area contributed by atoms with Crippen molar-refractivity contribution in [1.29, 1.82) is 0 Å². The van der Waals surface area contributed by atoms with Gasteiger partial charge in [0.2, 0.25) is 5.91 Å². The lowest BCUT2D eigenvalue weighted by Crippen LogP contribution is -2.40. The summed E-state index contributed by atoms with van der Waals surface area (Å²) in [5.74, 6) is 1.09. The monoisotopic (exact) mass is 275 g/mol. The van der Waals surface area contributed by atoms with Crippen LogP contribution in [0, 0.1) is 0 Å². The fourth-order valence-electron chi connectivity index (χ4n) is 2.51. The molecule has 1 amide bonds. The second-order valence-corrected chi connectivity index (χ2v) is 6.60. The molecule has 2 rings (SSSR count). The molecule has 0 N–H and O–H groups in total. The highest BCUT2D eigenvalue weighted by Gasteiger charge is 2.22. The maximum absolute atomic E-state index is 11.3. The van der Waals surface area contributed by atoms with E-state index in [1.54, 1.807) is 6.92 Å². The number of hydrogen-bond donors (Lipinski definition) is 0. The largest absolute Gasteiger partial charge is 0.490 e. The maximum Gasteiger partial charge on any atom is 0.219 e. The molecule has 0 aliphatic carbocycles. The van der Waals surface area contributed by atoms with Gasteiger partial charge in [-0.05, 0) is 23.1 Å². The first kappa shape index (κ1) is 14.9. The molecule has 0 spiro atoms. The van der Waals surface area contributed by atoms with Gasteiger partial charge < -0.3 is 9.64 Å². The molecule has 110 valence electrons. The molecule has 0 atom stereocenters. The zero-order chi connectivity index (χ0) is 14.8. The Balaban J connectivity index is 1.90. The highest BCUT2D eigenvalue weighted by atomic mass is 16.5. The van der Waals surface area contributed by atoms with E-state index in [0.29, 0.717) is 0 Å². The fraction of sp³-hybridized carbons (Fsp3) is 0.588. The van der Waals surface area contributed by atoms with Crippen LogP contribution in [0.15, 0.2) is 24.3 Å². The Morgan fingerprint density at radius 1 is 1.15 bits per heavy atom. The first-order chi connectivity index (χ1) is 9.36. The van der Waals surface area contributed by atoms with Gasteiger partial charge in [0.15, 0.2) is 0 Å². The molecule has 0 radical (unpaired) electrons. The highest BCUT2D eigenvalue weighted by Crippen LogP contribution is 2.25. The normalized spacial score (nSPS) is 17.1. The summed E-state index contributed by atoms with van der Waals surface area (Å²) in [4.78, 5) is 13.2. The van der Waals surface area contributed by atoms with Gasteiger partial charge in [-0.25, -0.2) is 0 Å². The zero-order valence-corrected chi connectivity index (χ0v) is 13.0. The van der Waals surface area contributed by atoms with Crippen LogP contribution < -0.4 is 4.74 Å². The molecule has 1 aromatic rings. The predicted octanol–water partition coefficient (Wildman–Crippen LogP) is 3.37. The molecule has 1 aliphatic rings. The van der Waals surface area contributed by atoms with Gasteiger partial charge in [-0.15, -0.1) is 0 Å². The van der Waals surface area contributed by atoms with E-state index >= 15 is 0 Å². The minimum Gasteiger partial charge on any atom is -0.490 e. The van der Waals surface area contributed by atoms with Crippen molar-refractivity contribution < 1.29 is 9.53 Å². The average molecular weight is 275 g/mol. The summed E-state index contributed by atoms with van der Waals surface area (Å²) in [7, 11) is 0. The molecule has 1 aromatic carbocycles. The van der Waals surface area contributed by atoms with Gasteiger partial charge in [0.05, 0.1) is 0 Å². The second-order valence-electron chi connectivity index (χ2n) is 6.60. The van der Waals surface area contributed by atoms with Gasteiger partial charge in [0, 0.05) is 32.9 Å². The summed E-state index contributed by atoms with van der Waals surface area (Å²) in [6, 6.07) is 8.38. The quantitative estimate of drug-likeness (QED) is 0.828. The van der Waals surface area contributed by atoms with Gasteiger partial charge >= 0.3 is 0 Å². The Kier molecular flexibility index (Phi) is 4.36. The van der Waals surface area contributed by atoms with Crippen molar-refractivity contribution in [3.63, 3.8) is 0 Å². The minimum atomic E-state index is 0.165. The number of benzene rings is 1. The minimum absolute atomic E-state index is 0.165. The predicted molar refractivity (Wildman–Crippen MR) is 81.0 cm³/mol.